The van der Waals surface area contributed by atoms with Crippen LogP contribution in [0.1, 0.15) is 60.3 Å². The molecule has 1 amide bonds. The third kappa shape index (κ3) is 5.02. The van der Waals surface area contributed by atoms with Crippen molar-refractivity contribution in [2.45, 2.75) is 33.2 Å². The first-order valence-electron chi connectivity index (χ1n) is 17.1. The normalized spacial score (nSPS) is 14.1. The first-order chi connectivity index (χ1) is 24.2. The van der Waals surface area contributed by atoms with E-state index in [4.69, 9.17) is 25.9 Å². The highest BCUT2D eigenvalue weighted by Gasteiger charge is 2.57. The maximum atomic E-state index is 14.5. The fourth-order valence-electron chi connectivity index (χ4n) is 7.32. The Kier molecular flexibility index (Phi) is 8.56. The van der Waals surface area contributed by atoms with E-state index in [0.29, 0.717) is 28.0 Å². The van der Waals surface area contributed by atoms with Gasteiger partial charge in [0.25, 0.3) is 5.91 Å². The molecule has 0 unspecified atom stereocenters. The highest BCUT2D eigenvalue weighted by Crippen LogP contribution is 2.58. The standard InChI is InChI=1S/C40H40ClN5O4/c1-7-44(8-2)26-16-19-32-35(22-26)49-36-23-27(45(9-3)10-4)17-20-33(36)40(32)31-14-12-11-13-28(31)38(47)46(40)42-24-30-37(41)29-18-15-25(43(5)6)21-34(29)50-39(30)48/h11-24H,7-10H2,1-6H3. The van der Waals surface area contributed by atoms with Crippen LogP contribution in [0.25, 0.3) is 11.0 Å². The number of benzene rings is 4. The largest absolute Gasteiger partial charge is 0.456 e. The molecule has 0 saturated heterocycles. The molecule has 1 aromatic heterocycles. The van der Waals surface area contributed by atoms with E-state index in [2.05, 4.69) is 49.6 Å². The lowest BCUT2D eigenvalue weighted by Crippen LogP contribution is -2.44. The smallest absolute Gasteiger partial charge is 0.346 e. The minimum Gasteiger partial charge on any atom is -0.456 e. The molecule has 0 bridgehead atoms. The van der Waals surface area contributed by atoms with Crippen LogP contribution in [-0.2, 0) is 5.54 Å². The number of carbonyl (C=O) groups excluding carboxylic acids is 1. The molecular weight excluding hydrogens is 650 g/mol. The average molecular weight is 690 g/mol. The monoisotopic (exact) mass is 689 g/mol. The van der Waals surface area contributed by atoms with Gasteiger partial charge >= 0.3 is 5.63 Å². The number of ether oxygens (including phenoxy) is 1. The Labute approximate surface area is 296 Å². The topological polar surface area (TPSA) is 81.8 Å². The molecule has 0 aliphatic carbocycles. The van der Waals surface area contributed by atoms with E-state index in [1.807, 2.05) is 79.7 Å². The number of anilines is 3. The van der Waals surface area contributed by atoms with Crippen LogP contribution in [0.3, 0.4) is 0 Å². The van der Waals surface area contributed by atoms with E-state index >= 15 is 0 Å². The lowest BCUT2D eigenvalue weighted by atomic mass is 9.75. The second-order valence-corrected chi connectivity index (χ2v) is 13.0. The Balaban J connectivity index is 1.48. The van der Waals surface area contributed by atoms with Gasteiger partial charge in [0.1, 0.15) is 22.6 Å². The summed E-state index contributed by atoms with van der Waals surface area (Å²) in [4.78, 5) is 34.4. The van der Waals surface area contributed by atoms with Crippen LogP contribution < -0.4 is 25.1 Å². The van der Waals surface area contributed by atoms with Crippen LogP contribution >= 0.6 is 11.6 Å². The molecule has 1 spiro atoms. The lowest BCUT2D eigenvalue weighted by molar-refractivity contribution is 0.0675. The second kappa shape index (κ2) is 12.9. The Morgan fingerprint density at radius 1 is 0.760 bits per heavy atom. The first kappa shape index (κ1) is 33.2. The van der Waals surface area contributed by atoms with Crippen molar-refractivity contribution >= 4 is 51.8 Å². The van der Waals surface area contributed by atoms with Gasteiger partial charge in [0.05, 0.1) is 16.8 Å². The van der Waals surface area contributed by atoms with Crippen LogP contribution in [0, 0.1) is 0 Å². The zero-order valence-electron chi connectivity index (χ0n) is 29.2. The average Bonchev–Trinajstić information content (AvgIpc) is 3.36. The van der Waals surface area contributed by atoms with Crippen molar-refractivity contribution in [2.24, 2.45) is 5.10 Å². The number of amides is 1. The SMILES string of the molecule is CCN(CC)c1ccc2c(c1)Oc1cc(N(CC)CC)ccc1C21c2ccccc2C(=O)N1N=Cc1c(Cl)c2ccc(N(C)C)cc2oc1=O. The van der Waals surface area contributed by atoms with Crippen molar-refractivity contribution in [1.82, 2.24) is 5.01 Å². The summed E-state index contributed by atoms with van der Waals surface area (Å²) in [6.45, 7) is 11.8. The first-order valence-corrected chi connectivity index (χ1v) is 17.4. The number of fused-ring (bicyclic) bond motifs is 7. The Bertz CT molecular complexity index is 2160. The Morgan fingerprint density at radius 3 is 1.92 bits per heavy atom. The number of hydrazone groups is 1. The number of nitrogens with zero attached hydrogens (tertiary/aromatic N) is 5. The fourth-order valence-corrected chi connectivity index (χ4v) is 7.60. The van der Waals surface area contributed by atoms with Gasteiger partial charge in [0.2, 0.25) is 0 Å². The molecule has 2 aliphatic rings. The van der Waals surface area contributed by atoms with Gasteiger partial charge in [0.15, 0.2) is 0 Å². The third-order valence-electron chi connectivity index (χ3n) is 9.92. The maximum Gasteiger partial charge on any atom is 0.346 e. The van der Waals surface area contributed by atoms with Crippen molar-refractivity contribution in [3.63, 3.8) is 0 Å². The van der Waals surface area contributed by atoms with Gasteiger partial charge in [-0.25, -0.2) is 9.80 Å². The molecule has 256 valence electrons. The zero-order chi connectivity index (χ0) is 35.3. The molecule has 7 rings (SSSR count). The van der Waals surface area contributed by atoms with Crippen molar-refractivity contribution in [3.05, 3.63) is 122 Å². The summed E-state index contributed by atoms with van der Waals surface area (Å²) in [5, 5.41) is 7.09. The molecule has 4 aromatic carbocycles. The van der Waals surface area contributed by atoms with Gasteiger partial charge in [-0.15, -0.1) is 0 Å². The van der Waals surface area contributed by atoms with Crippen LogP contribution in [0.15, 0.2) is 93.2 Å². The molecule has 10 heteroatoms. The quantitative estimate of drug-likeness (QED) is 0.114. The van der Waals surface area contributed by atoms with Gasteiger partial charge in [-0.3, -0.25) is 4.79 Å². The highest BCUT2D eigenvalue weighted by atomic mass is 35.5. The fraction of sp³-hybridized carbons (Fsp3) is 0.275. The van der Waals surface area contributed by atoms with Crippen LogP contribution in [0.2, 0.25) is 5.02 Å². The summed E-state index contributed by atoms with van der Waals surface area (Å²) in [5.41, 5.74) is 4.26. The van der Waals surface area contributed by atoms with E-state index in [1.165, 1.54) is 11.2 Å². The number of rotatable bonds is 9. The molecule has 9 nitrogen and oxygen atoms in total. The van der Waals surface area contributed by atoms with E-state index < -0.39 is 11.2 Å². The summed E-state index contributed by atoms with van der Waals surface area (Å²) in [5.74, 6) is 0.944. The number of hydrogen-bond donors (Lipinski definition) is 0. The van der Waals surface area contributed by atoms with Crippen LogP contribution in [0.5, 0.6) is 11.5 Å². The van der Waals surface area contributed by atoms with Crippen molar-refractivity contribution in [2.75, 3.05) is 55.0 Å². The highest BCUT2D eigenvalue weighted by molar-refractivity contribution is 6.37. The van der Waals surface area contributed by atoms with E-state index in [-0.39, 0.29) is 16.5 Å². The molecule has 2 aliphatic heterocycles. The Hall–Kier alpha value is -5.28. The summed E-state index contributed by atoms with van der Waals surface area (Å²) in [6, 6.07) is 25.3. The van der Waals surface area contributed by atoms with Crippen molar-refractivity contribution in [3.8, 4) is 11.5 Å². The molecule has 0 fully saturated rings. The van der Waals surface area contributed by atoms with Crippen molar-refractivity contribution in [1.29, 1.82) is 0 Å². The summed E-state index contributed by atoms with van der Waals surface area (Å²) >= 11 is 6.88. The van der Waals surface area contributed by atoms with E-state index in [9.17, 15) is 9.59 Å². The molecule has 3 heterocycles. The van der Waals surface area contributed by atoms with Gasteiger partial charge in [-0.05, 0) is 58.0 Å². The third-order valence-corrected chi connectivity index (χ3v) is 10.3. The summed E-state index contributed by atoms with van der Waals surface area (Å²) < 4.78 is 12.5. The molecule has 0 radical (unpaired) electrons. The van der Waals surface area contributed by atoms with E-state index in [1.54, 1.807) is 6.07 Å². The minimum absolute atomic E-state index is 0.0527. The van der Waals surface area contributed by atoms with Crippen LogP contribution in [-0.4, -0.2) is 57.4 Å². The molecule has 0 atom stereocenters. The summed E-state index contributed by atoms with van der Waals surface area (Å²) in [6.07, 6.45) is 1.35. The number of carbonyl (C=O) groups is 1. The zero-order valence-corrected chi connectivity index (χ0v) is 29.9. The number of hydrogen-bond acceptors (Lipinski definition) is 8. The maximum absolute atomic E-state index is 14.5. The van der Waals surface area contributed by atoms with Gasteiger partial charge in [-0.2, -0.15) is 5.10 Å². The molecular formula is C40H40ClN5O4. The molecule has 5 aromatic rings. The second-order valence-electron chi connectivity index (χ2n) is 12.6. The minimum atomic E-state index is -1.21. The van der Waals surface area contributed by atoms with Crippen LogP contribution in [0.4, 0.5) is 17.1 Å². The van der Waals surface area contributed by atoms with Gasteiger partial charge in [-0.1, -0.05) is 41.9 Å². The molecule has 0 N–H and O–H groups in total. The molecule has 50 heavy (non-hydrogen) atoms. The van der Waals surface area contributed by atoms with E-state index in [0.717, 1.165) is 59.9 Å². The molecule has 0 saturated carbocycles. The van der Waals surface area contributed by atoms with Crippen molar-refractivity contribution < 1.29 is 13.9 Å². The van der Waals surface area contributed by atoms with Gasteiger partial charge in [0, 0.05) is 103 Å². The van der Waals surface area contributed by atoms with Gasteiger partial charge < -0.3 is 23.9 Å². The predicted molar refractivity (Wildman–Crippen MR) is 202 cm³/mol. The number of halogens is 1. The Morgan fingerprint density at radius 2 is 1.34 bits per heavy atom. The summed E-state index contributed by atoms with van der Waals surface area (Å²) in [7, 11) is 3.81. The lowest BCUT2D eigenvalue weighted by Gasteiger charge is -2.42. The predicted octanol–water partition coefficient (Wildman–Crippen LogP) is 8.09.